The lowest BCUT2D eigenvalue weighted by molar-refractivity contribution is -0.142. The fraction of sp³-hybridized carbons (Fsp3) is 0.364. The summed E-state index contributed by atoms with van der Waals surface area (Å²) in [5, 5.41) is 2.28. The Morgan fingerprint density at radius 2 is 2.17 bits per heavy atom. The molecule has 0 radical (unpaired) electrons. The average Bonchev–Trinajstić information content (AvgIpc) is 2.33. The predicted molar refractivity (Wildman–Crippen MR) is 57.7 cm³/mol. The van der Waals surface area contributed by atoms with E-state index in [1.165, 1.54) is 0 Å². The first-order valence-corrected chi connectivity index (χ1v) is 5.30. The first-order valence-electron chi connectivity index (χ1n) is 5.30. The van der Waals surface area contributed by atoms with Gasteiger partial charge in [0.1, 0.15) is 0 Å². The highest BCUT2D eigenvalue weighted by Gasteiger charge is 2.15. The highest BCUT2D eigenvalue weighted by atomic mass is 19.2. The van der Waals surface area contributed by atoms with Crippen LogP contribution in [-0.4, -0.2) is 30.0 Å². The Hall–Kier alpha value is -2.05. The summed E-state index contributed by atoms with van der Waals surface area (Å²) in [6, 6.07) is 1.05. The summed E-state index contributed by atoms with van der Waals surface area (Å²) in [5.41, 5.74) is -0.452. The number of nitrogens with one attached hydrogen (secondary N) is 1. The lowest BCUT2D eigenvalue weighted by Gasteiger charge is -2.05. The summed E-state index contributed by atoms with van der Waals surface area (Å²) < 4.78 is 30.6. The number of nitrogens with zero attached hydrogens (tertiary/aromatic N) is 1. The van der Waals surface area contributed by atoms with Crippen molar-refractivity contribution in [3.63, 3.8) is 0 Å². The number of ether oxygens (including phenoxy) is 1. The van der Waals surface area contributed by atoms with Crippen LogP contribution >= 0.6 is 0 Å². The average molecular weight is 258 g/mol. The van der Waals surface area contributed by atoms with Crippen molar-refractivity contribution in [1.29, 1.82) is 0 Å². The van der Waals surface area contributed by atoms with Crippen LogP contribution in [-0.2, 0) is 9.53 Å². The van der Waals surface area contributed by atoms with Gasteiger partial charge >= 0.3 is 5.97 Å². The monoisotopic (exact) mass is 258 g/mol. The number of esters is 1. The SMILES string of the molecule is CCOC(=O)CCNC(=O)c1ccnc(F)c1F. The third-order valence-electron chi connectivity index (χ3n) is 2.01. The van der Waals surface area contributed by atoms with Gasteiger partial charge in [0.25, 0.3) is 5.91 Å². The number of rotatable bonds is 5. The van der Waals surface area contributed by atoms with E-state index in [1.54, 1.807) is 6.92 Å². The number of hydrogen-bond donors (Lipinski definition) is 1. The van der Waals surface area contributed by atoms with E-state index >= 15 is 0 Å². The maximum atomic E-state index is 13.2. The third-order valence-corrected chi connectivity index (χ3v) is 2.01. The van der Waals surface area contributed by atoms with E-state index in [0.717, 1.165) is 12.3 Å². The van der Waals surface area contributed by atoms with Crippen LogP contribution < -0.4 is 5.32 Å². The van der Waals surface area contributed by atoms with Crippen molar-refractivity contribution in [3.8, 4) is 0 Å². The quantitative estimate of drug-likeness (QED) is 0.633. The standard InChI is InChI=1S/C11H12F2N2O3/c1-2-18-8(16)4-6-15-11(17)7-3-5-14-10(13)9(7)12/h3,5H,2,4,6H2,1H3,(H,15,17). The minimum Gasteiger partial charge on any atom is -0.466 e. The normalized spacial score (nSPS) is 9.94. The smallest absolute Gasteiger partial charge is 0.307 e. The number of carbonyl (C=O) groups is 2. The van der Waals surface area contributed by atoms with Gasteiger partial charge in [-0.3, -0.25) is 9.59 Å². The van der Waals surface area contributed by atoms with Gasteiger partial charge in [0.2, 0.25) is 5.95 Å². The van der Waals surface area contributed by atoms with Crippen LogP contribution in [0.3, 0.4) is 0 Å². The highest BCUT2D eigenvalue weighted by Crippen LogP contribution is 2.08. The van der Waals surface area contributed by atoms with Gasteiger partial charge < -0.3 is 10.1 Å². The zero-order valence-electron chi connectivity index (χ0n) is 9.70. The van der Waals surface area contributed by atoms with Gasteiger partial charge in [-0.2, -0.15) is 4.39 Å². The number of aromatic nitrogens is 1. The molecule has 1 amide bonds. The van der Waals surface area contributed by atoms with Crippen LogP contribution in [0.5, 0.6) is 0 Å². The molecule has 0 aliphatic carbocycles. The summed E-state index contributed by atoms with van der Waals surface area (Å²) in [4.78, 5) is 25.5. The van der Waals surface area contributed by atoms with E-state index in [2.05, 4.69) is 15.0 Å². The number of halogens is 2. The maximum Gasteiger partial charge on any atom is 0.307 e. The highest BCUT2D eigenvalue weighted by molar-refractivity contribution is 5.94. The van der Waals surface area contributed by atoms with Crippen LogP contribution in [0.1, 0.15) is 23.7 Å². The molecular weight excluding hydrogens is 246 g/mol. The second kappa shape index (κ2) is 6.63. The van der Waals surface area contributed by atoms with Crippen molar-refractivity contribution >= 4 is 11.9 Å². The molecule has 5 nitrogen and oxygen atoms in total. The van der Waals surface area contributed by atoms with Crippen LogP contribution in [0.4, 0.5) is 8.78 Å². The zero-order chi connectivity index (χ0) is 13.5. The molecule has 98 valence electrons. The zero-order valence-corrected chi connectivity index (χ0v) is 9.70. The van der Waals surface area contributed by atoms with Gasteiger partial charge in [-0.25, -0.2) is 9.37 Å². The summed E-state index contributed by atoms with van der Waals surface area (Å²) in [6.45, 7) is 1.89. The Bertz CT molecular complexity index is 452. The molecule has 0 bridgehead atoms. The topological polar surface area (TPSA) is 68.3 Å². The Kier molecular flexibility index (Phi) is 5.16. The third kappa shape index (κ3) is 3.76. The van der Waals surface area contributed by atoms with Crippen molar-refractivity contribution in [1.82, 2.24) is 10.3 Å². The number of amides is 1. The molecule has 0 aromatic carbocycles. The van der Waals surface area contributed by atoms with Crippen molar-refractivity contribution in [2.75, 3.05) is 13.2 Å². The lowest BCUT2D eigenvalue weighted by Crippen LogP contribution is -2.27. The lowest BCUT2D eigenvalue weighted by atomic mass is 10.2. The van der Waals surface area contributed by atoms with E-state index in [9.17, 15) is 18.4 Å². The van der Waals surface area contributed by atoms with Crippen molar-refractivity contribution in [2.24, 2.45) is 0 Å². The van der Waals surface area contributed by atoms with Crippen molar-refractivity contribution in [3.05, 3.63) is 29.6 Å². The Balaban J connectivity index is 2.51. The first kappa shape index (κ1) is 14.0. The largest absolute Gasteiger partial charge is 0.466 e. The van der Waals surface area contributed by atoms with E-state index in [1.807, 2.05) is 0 Å². The van der Waals surface area contributed by atoms with Crippen LogP contribution in [0, 0.1) is 11.8 Å². The first-order chi connectivity index (χ1) is 8.56. The van der Waals surface area contributed by atoms with Gasteiger partial charge in [-0.15, -0.1) is 0 Å². The van der Waals surface area contributed by atoms with Gasteiger partial charge in [0, 0.05) is 12.7 Å². The molecule has 18 heavy (non-hydrogen) atoms. The Morgan fingerprint density at radius 1 is 1.44 bits per heavy atom. The second-order valence-corrected chi connectivity index (χ2v) is 3.27. The fourth-order valence-electron chi connectivity index (χ4n) is 1.20. The molecule has 0 aliphatic heterocycles. The number of carbonyl (C=O) groups excluding carboxylic acids is 2. The van der Waals surface area contributed by atoms with E-state index in [0.29, 0.717) is 0 Å². The molecule has 0 atom stereocenters. The molecule has 0 aliphatic rings. The van der Waals surface area contributed by atoms with E-state index in [-0.39, 0.29) is 19.6 Å². The molecule has 1 rings (SSSR count). The fourth-order valence-corrected chi connectivity index (χ4v) is 1.20. The summed E-state index contributed by atoms with van der Waals surface area (Å²) in [6.07, 6.45) is 0.952. The molecule has 0 unspecified atom stereocenters. The summed E-state index contributed by atoms with van der Waals surface area (Å²) in [5.74, 6) is -3.93. The van der Waals surface area contributed by atoms with Crippen molar-refractivity contribution < 1.29 is 23.1 Å². The van der Waals surface area contributed by atoms with E-state index in [4.69, 9.17) is 0 Å². The molecule has 0 saturated heterocycles. The molecule has 0 spiro atoms. The second-order valence-electron chi connectivity index (χ2n) is 3.27. The van der Waals surface area contributed by atoms with Crippen molar-refractivity contribution in [2.45, 2.75) is 13.3 Å². The Labute approximate surface area is 102 Å². The Morgan fingerprint density at radius 3 is 2.83 bits per heavy atom. The molecular formula is C11H12F2N2O3. The molecule has 0 saturated carbocycles. The molecule has 0 fully saturated rings. The molecule has 1 N–H and O–H groups in total. The van der Waals surface area contributed by atoms with Crippen LogP contribution in [0.15, 0.2) is 12.3 Å². The minimum atomic E-state index is -1.34. The predicted octanol–water partition coefficient (Wildman–Crippen LogP) is 1.04. The molecule has 1 aromatic rings. The summed E-state index contributed by atoms with van der Waals surface area (Å²) >= 11 is 0. The number of hydrogen-bond acceptors (Lipinski definition) is 4. The molecule has 1 heterocycles. The van der Waals surface area contributed by atoms with Gasteiger partial charge in [-0.1, -0.05) is 0 Å². The van der Waals surface area contributed by atoms with Gasteiger partial charge in [-0.05, 0) is 13.0 Å². The summed E-state index contributed by atoms with van der Waals surface area (Å²) in [7, 11) is 0. The molecule has 7 heteroatoms. The number of pyridine rings is 1. The minimum absolute atomic E-state index is 0.0128. The van der Waals surface area contributed by atoms with Gasteiger partial charge in [0.05, 0.1) is 18.6 Å². The maximum absolute atomic E-state index is 13.2. The van der Waals surface area contributed by atoms with Gasteiger partial charge in [0.15, 0.2) is 5.82 Å². The van der Waals surface area contributed by atoms with E-state index < -0.39 is 29.2 Å². The molecule has 1 aromatic heterocycles. The van der Waals surface area contributed by atoms with Crippen LogP contribution in [0.2, 0.25) is 0 Å². The van der Waals surface area contributed by atoms with Crippen LogP contribution in [0.25, 0.3) is 0 Å².